The zero-order valence-electron chi connectivity index (χ0n) is 22.7. The van der Waals surface area contributed by atoms with Crippen molar-refractivity contribution in [2.24, 2.45) is 5.41 Å². The zero-order valence-corrected chi connectivity index (χ0v) is 23.5. The molecular formula is C31H35ClN4O2. The predicted molar refractivity (Wildman–Crippen MR) is 155 cm³/mol. The Labute approximate surface area is 230 Å². The normalized spacial score (nSPS) is 20.0. The van der Waals surface area contributed by atoms with Gasteiger partial charge in [-0.05, 0) is 42.8 Å². The molecule has 198 valence electrons. The topological polar surface area (TPSA) is 55.9 Å². The van der Waals surface area contributed by atoms with Crippen LogP contribution in [0.2, 0.25) is 5.02 Å². The summed E-state index contributed by atoms with van der Waals surface area (Å²) in [5.74, 6) is -0.0305. The fourth-order valence-corrected chi connectivity index (χ4v) is 5.90. The number of nitrogens with zero attached hydrogens (tertiary/aromatic N) is 3. The van der Waals surface area contributed by atoms with Gasteiger partial charge in [0, 0.05) is 61.1 Å². The number of carbonyl (C=O) groups is 2. The van der Waals surface area contributed by atoms with Crippen molar-refractivity contribution in [3.8, 4) is 0 Å². The smallest absolute Gasteiger partial charge is 0.258 e. The highest BCUT2D eigenvalue weighted by molar-refractivity contribution is 6.33. The van der Waals surface area contributed by atoms with Crippen molar-refractivity contribution in [1.29, 1.82) is 0 Å². The van der Waals surface area contributed by atoms with Gasteiger partial charge in [-0.1, -0.05) is 68.8 Å². The molecule has 6 nitrogen and oxygen atoms in total. The van der Waals surface area contributed by atoms with Crippen LogP contribution in [0.4, 0.5) is 17.1 Å². The molecule has 5 rings (SSSR count). The van der Waals surface area contributed by atoms with Crippen LogP contribution in [-0.4, -0.2) is 49.9 Å². The number of hydrogen-bond donors (Lipinski definition) is 1. The maximum Gasteiger partial charge on any atom is 0.258 e. The van der Waals surface area contributed by atoms with E-state index in [4.69, 9.17) is 11.6 Å². The summed E-state index contributed by atoms with van der Waals surface area (Å²) in [4.78, 5) is 32.4. The average Bonchev–Trinajstić information content (AvgIpc) is 2.97. The lowest BCUT2D eigenvalue weighted by Crippen LogP contribution is -2.55. The summed E-state index contributed by atoms with van der Waals surface area (Å²) >= 11 is 6.71. The van der Waals surface area contributed by atoms with Gasteiger partial charge in [-0.15, -0.1) is 0 Å². The predicted octanol–water partition coefficient (Wildman–Crippen LogP) is 6.00. The van der Waals surface area contributed by atoms with E-state index in [2.05, 4.69) is 40.2 Å². The number of halogens is 1. The number of amides is 2. The van der Waals surface area contributed by atoms with Crippen molar-refractivity contribution < 1.29 is 9.59 Å². The third-order valence-corrected chi connectivity index (χ3v) is 8.22. The maximum atomic E-state index is 13.5. The van der Waals surface area contributed by atoms with E-state index in [1.165, 1.54) is 0 Å². The first-order valence-electron chi connectivity index (χ1n) is 13.1. The van der Waals surface area contributed by atoms with Crippen LogP contribution in [0.15, 0.2) is 66.7 Å². The van der Waals surface area contributed by atoms with Crippen LogP contribution in [0.5, 0.6) is 0 Å². The number of rotatable bonds is 3. The molecule has 1 unspecified atom stereocenters. The van der Waals surface area contributed by atoms with E-state index in [-0.39, 0.29) is 11.8 Å². The van der Waals surface area contributed by atoms with E-state index in [0.717, 1.165) is 54.2 Å². The molecule has 0 saturated carbocycles. The van der Waals surface area contributed by atoms with Crippen LogP contribution in [0, 0.1) is 5.41 Å². The Kier molecular flexibility index (Phi) is 6.74. The standard InChI is InChI=1S/C31H35ClN4O2/c1-30(2,3)29(38)33-21-14-15-27(25(32)20-21)35-16-18-36(19-17-35)31(4)23-11-7-6-10-22(23)28(37)34(5)26-13-9-8-12-24(26)31/h6-15,20H,16-19H2,1-5H3,(H,33,38). The van der Waals surface area contributed by atoms with E-state index in [9.17, 15) is 9.59 Å². The fourth-order valence-electron chi connectivity index (χ4n) is 5.60. The van der Waals surface area contributed by atoms with Crippen molar-refractivity contribution >= 4 is 40.5 Å². The summed E-state index contributed by atoms with van der Waals surface area (Å²) in [6.45, 7) is 11.1. The summed E-state index contributed by atoms with van der Waals surface area (Å²) in [6, 6.07) is 22.0. The van der Waals surface area contributed by atoms with Gasteiger partial charge in [0.25, 0.3) is 5.91 Å². The molecule has 1 N–H and O–H groups in total. The number of para-hydroxylation sites is 1. The second-order valence-electron chi connectivity index (χ2n) is 11.3. The van der Waals surface area contributed by atoms with Crippen molar-refractivity contribution in [2.45, 2.75) is 33.2 Å². The monoisotopic (exact) mass is 530 g/mol. The summed E-state index contributed by atoms with van der Waals surface area (Å²) in [5.41, 5.74) is 4.56. The Morgan fingerprint density at radius 3 is 2.18 bits per heavy atom. The fraction of sp³-hybridized carbons (Fsp3) is 0.355. The molecule has 1 fully saturated rings. The number of anilines is 3. The molecule has 1 atom stereocenters. The quantitative estimate of drug-likeness (QED) is 0.451. The van der Waals surface area contributed by atoms with Gasteiger partial charge in [-0.2, -0.15) is 0 Å². The first-order valence-corrected chi connectivity index (χ1v) is 13.5. The van der Waals surface area contributed by atoms with Crippen LogP contribution < -0.4 is 15.1 Å². The Balaban J connectivity index is 1.42. The Bertz CT molecular complexity index is 1390. The SMILES string of the molecule is CN1C(=O)c2ccccc2C(C)(N2CCN(c3ccc(NC(=O)C(C)(C)C)cc3Cl)CC2)c2ccccc21. The number of benzene rings is 3. The first kappa shape index (κ1) is 26.3. The van der Waals surface area contributed by atoms with E-state index in [0.29, 0.717) is 10.7 Å². The van der Waals surface area contributed by atoms with Gasteiger partial charge >= 0.3 is 0 Å². The second-order valence-corrected chi connectivity index (χ2v) is 11.8. The molecule has 0 radical (unpaired) electrons. The van der Waals surface area contributed by atoms with Gasteiger partial charge in [0.1, 0.15) is 0 Å². The molecule has 2 aliphatic heterocycles. The first-order chi connectivity index (χ1) is 18.0. The molecule has 0 spiro atoms. The van der Waals surface area contributed by atoms with Crippen LogP contribution in [0.3, 0.4) is 0 Å². The highest BCUT2D eigenvalue weighted by Crippen LogP contribution is 2.45. The molecule has 1 saturated heterocycles. The summed E-state index contributed by atoms with van der Waals surface area (Å²) in [5, 5.41) is 3.58. The maximum absolute atomic E-state index is 13.5. The lowest BCUT2D eigenvalue weighted by atomic mass is 9.80. The molecule has 0 aliphatic carbocycles. The van der Waals surface area contributed by atoms with Crippen LogP contribution in [0.1, 0.15) is 49.2 Å². The largest absolute Gasteiger partial charge is 0.368 e. The molecule has 2 heterocycles. The van der Waals surface area contributed by atoms with E-state index in [1.54, 1.807) is 4.90 Å². The Morgan fingerprint density at radius 2 is 1.53 bits per heavy atom. The highest BCUT2D eigenvalue weighted by atomic mass is 35.5. The van der Waals surface area contributed by atoms with Crippen molar-refractivity contribution in [3.63, 3.8) is 0 Å². The van der Waals surface area contributed by atoms with Gasteiger partial charge in [-0.3, -0.25) is 14.5 Å². The third kappa shape index (κ3) is 4.46. The number of carbonyl (C=O) groups excluding carboxylic acids is 2. The Hall–Kier alpha value is -3.35. The van der Waals surface area contributed by atoms with Crippen LogP contribution in [0.25, 0.3) is 0 Å². The summed E-state index contributed by atoms with van der Waals surface area (Å²) in [6.07, 6.45) is 0. The summed E-state index contributed by atoms with van der Waals surface area (Å²) in [7, 11) is 1.86. The second kappa shape index (κ2) is 9.75. The molecule has 2 aliphatic rings. The molecule has 7 heteroatoms. The van der Waals surface area contributed by atoms with E-state index in [1.807, 2.05) is 76.3 Å². The van der Waals surface area contributed by atoms with Crippen LogP contribution >= 0.6 is 11.6 Å². The molecule has 3 aromatic carbocycles. The summed E-state index contributed by atoms with van der Waals surface area (Å²) < 4.78 is 0. The number of nitrogens with one attached hydrogen (secondary N) is 1. The molecule has 3 aromatic rings. The number of fused-ring (bicyclic) bond motifs is 2. The minimum Gasteiger partial charge on any atom is -0.368 e. The number of hydrogen-bond acceptors (Lipinski definition) is 4. The van der Waals surface area contributed by atoms with Crippen molar-refractivity contribution in [3.05, 3.63) is 88.4 Å². The van der Waals surface area contributed by atoms with Gasteiger partial charge in [0.2, 0.25) is 5.91 Å². The van der Waals surface area contributed by atoms with Crippen LogP contribution in [-0.2, 0) is 10.3 Å². The minimum atomic E-state index is -0.480. The van der Waals surface area contributed by atoms with Gasteiger partial charge in [0.05, 0.1) is 16.2 Å². The lowest BCUT2D eigenvalue weighted by Gasteiger charge is -2.47. The van der Waals surface area contributed by atoms with Crippen molar-refractivity contribution in [1.82, 2.24) is 4.90 Å². The average molecular weight is 531 g/mol. The van der Waals surface area contributed by atoms with Crippen molar-refractivity contribution in [2.75, 3.05) is 48.3 Å². The molecule has 0 aromatic heterocycles. The minimum absolute atomic E-state index is 0.0147. The molecule has 38 heavy (non-hydrogen) atoms. The van der Waals surface area contributed by atoms with E-state index >= 15 is 0 Å². The number of piperazine rings is 1. The van der Waals surface area contributed by atoms with Gasteiger partial charge in [-0.25, -0.2) is 0 Å². The zero-order chi connectivity index (χ0) is 27.2. The third-order valence-electron chi connectivity index (χ3n) is 7.92. The molecular weight excluding hydrogens is 496 g/mol. The van der Waals surface area contributed by atoms with Gasteiger partial charge < -0.3 is 15.1 Å². The highest BCUT2D eigenvalue weighted by Gasteiger charge is 2.44. The Morgan fingerprint density at radius 1 is 0.895 bits per heavy atom. The lowest BCUT2D eigenvalue weighted by molar-refractivity contribution is -0.123. The van der Waals surface area contributed by atoms with E-state index < -0.39 is 11.0 Å². The van der Waals surface area contributed by atoms with Gasteiger partial charge in [0.15, 0.2) is 0 Å². The molecule has 0 bridgehead atoms. The molecule has 2 amide bonds.